The number of methoxy groups -OCH3 is 1. The van der Waals surface area contributed by atoms with Gasteiger partial charge in [-0.25, -0.2) is 14.2 Å². The molecule has 0 saturated carbocycles. The third-order valence-corrected chi connectivity index (χ3v) is 2.73. The maximum Gasteiger partial charge on any atom is 0.340 e. The number of nitrogens with two attached hydrogens (primary N) is 1. The smallest absolute Gasteiger partial charge is 0.340 e. The molecule has 0 radical (unpaired) electrons. The molecule has 0 amide bonds. The monoisotopic (exact) mass is 275 g/mol. The molecule has 5 nitrogen and oxygen atoms in total. The van der Waals surface area contributed by atoms with Crippen LogP contribution in [0.15, 0.2) is 36.5 Å². The molecule has 1 aromatic carbocycles. The van der Waals surface area contributed by atoms with Crippen molar-refractivity contribution in [1.29, 1.82) is 0 Å². The van der Waals surface area contributed by atoms with E-state index in [0.717, 1.165) is 5.56 Å². The van der Waals surface area contributed by atoms with Crippen LogP contribution in [0, 0.1) is 5.82 Å². The summed E-state index contributed by atoms with van der Waals surface area (Å²) in [6.07, 6.45) is 1.39. The number of pyridine rings is 1. The Morgan fingerprint density at radius 1 is 1.40 bits per heavy atom. The summed E-state index contributed by atoms with van der Waals surface area (Å²) in [7, 11) is 1.29. The van der Waals surface area contributed by atoms with Gasteiger partial charge in [0.1, 0.15) is 11.6 Å². The fourth-order valence-corrected chi connectivity index (χ4v) is 1.64. The van der Waals surface area contributed by atoms with Gasteiger partial charge in [-0.15, -0.1) is 0 Å². The number of anilines is 2. The summed E-state index contributed by atoms with van der Waals surface area (Å²) in [5.41, 5.74) is 7.06. The van der Waals surface area contributed by atoms with Gasteiger partial charge in [0, 0.05) is 6.54 Å². The molecule has 1 heterocycles. The SMILES string of the molecule is COC(=O)c1cc(NCc2ccc(F)cc2)ncc1N. The fourth-order valence-electron chi connectivity index (χ4n) is 1.64. The van der Waals surface area contributed by atoms with Crippen LogP contribution < -0.4 is 11.1 Å². The molecule has 2 rings (SSSR count). The molecule has 0 atom stereocenters. The molecule has 0 bridgehead atoms. The normalized spacial score (nSPS) is 10.1. The Morgan fingerprint density at radius 2 is 2.10 bits per heavy atom. The van der Waals surface area contributed by atoms with Crippen molar-refractivity contribution < 1.29 is 13.9 Å². The highest BCUT2D eigenvalue weighted by atomic mass is 19.1. The Balaban J connectivity index is 2.10. The molecule has 0 unspecified atom stereocenters. The number of hydrogen-bond donors (Lipinski definition) is 2. The van der Waals surface area contributed by atoms with Gasteiger partial charge in [0.05, 0.1) is 24.6 Å². The molecular formula is C14H14FN3O2. The minimum atomic E-state index is -0.519. The van der Waals surface area contributed by atoms with Crippen molar-refractivity contribution in [3.63, 3.8) is 0 Å². The molecule has 20 heavy (non-hydrogen) atoms. The molecule has 0 spiro atoms. The van der Waals surface area contributed by atoms with E-state index in [0.29, 0.717) is 12.4 Å². The van der Waals surface area contributed by atoms with Crippen LogP contribution >= 0.6 is 0 Å². The van der Waals surface area contributed by atoms with Gasteiger partial charge in [0.15, 0.2) is 0 Å². The van der Waals surface area contributed by atoms with E-state index >= 15 is 0 Å². The number of nitrogens with zero attached hydrogens (tertiary/aromatic N) is 1. The van der Waals surface area contributed by atoms with Crippen molar-refractivity contribution >= 4 is 17.5 Å². The Bertz CT molecular complexity index is 614. The Kier molecular flexibility index (Phi) is 4.14. The number of carbonyl (C=O) groups excluding carboxylic acids is 1. The maximum absolute atomic E-state index is 12.8. The predicted molar refractivity (Wildman–Crippen MR) is 73.7 cm³/mol. The highest BCUT2D eigenvalue weighted by Gasteiger charge is 2.11. The van der Waals surface area contributed by atoms with Crippen LogP contribution in [0.4, 0.5) is 15.9 Å². The predicted octanol–water partition coefficient (Wildman–Crippen LogP) is 2.20. The van der Waals surface area contributed by atoms with E-state index in [1.165, 1.54) is 31.5 Å². The highest BCUT2D eigenvalue weighted by molar-refractivity contribution is 5.95. The highest BCUT2D eigenvalue weighted by Crippen LogP contribution is 2.16. The molecule has 1 aromatic heterocycles. The van der Waals surface area contributed by atoms with Crippen LogP contribution in [0.25, 0.3) is 0 Å². The molecule has 3 N–H and O–H groups in total. The average Bonchev–Trinajstić information content (AvgIpc) is 2.47. The lowest BCUT2D eigenvalue weighted by molar-refractivity contribution is 0.0602. The topological polar surface area (TPSA) is 77.2 Å². The van der Waals surface area contributed by atoms with Crippen LogP contribution in [-0.2, 0) is 11.3 Å². The summed E-state index contributed by atoms with van der Waals surface area (Å²) in [5, 5.41) is 3.03. The van der Waals surface area contributed by atoms with Crippen molar-refractivity contribution in [2.45, 2.75) is 6.54 Å². The van der Waals surface area contributed by atoms with Gasteiger partial charge in [-0.3, -0.25) is 0 Å². The first kappa shape index (κ1) is 13.8. The van der Waals surface area contributed by atoms with Crippen LogP contribution in [0.5, 0.6) is 0 Å². The summed E-state index contributed by atoms with van der Waals surface area (Å²) in [6, 6.07) is 7.62. The molecule has 2 aromatic rings. The number of esters is 1. The quantitative estimate of drug-likeness (QED) is 0.836. The Labute approximate surface area is 115 Å². The molecular weight excluding hydrogens is 261 g/mol. The van der Waals surface area contributed by atoms with Crippen LogP contribution in [-0.4, -0.2) is 18.1 Å². The summed E-state index contributed by atoms with van der Waals surface area (Å²) in [6.45, 7) is 0.456. The number of aromatic nitrogens is 1. The molecule has 0 saturated heterocycles. The molecule has 6 heteroatoms. The van der Waals surface area contributed by atoms with E-state index in [9.17, 15) is 9.18 Å². The Hall–Kier alpha value is -2.63. The molecule has 104 valence electrons. The number of nitrogens with one attached hydrogen (secondary N) is 1. The van der Waals surface area contributed by atoms with Crippen LogP contribution in [0.2, 0.25) is 0 Å². The summed E-state index contributed by atoms with van der Waals surface area (Å²) in [4.78, 5) is 15.6. The summed E-state index contributed by atoms with van der Waals surface area (Å²) in [5.74, 6) is -0.314. The number of nitrogen functional groups attached to an aromatic ring is 1. The zero-order valence-corrected chi connectivity index (χ0v) is 10.9. The second kappa shape index (κ2) is 6.01. The third-order valence-electron chi connectivity index (χ3n) is 2.73. The van der Waals surface area contributed by atoms with Gasteiger partial charge in [0.2, 0.25) is 0 Å². The number of ether oxygens (including phenoxy) is 1. The lowest BCUT2D eigenvalue weighted by atomic mass is 10.2. The second-order valence-electron chi connectivity index (χ2n) is 4.13. The van der Waals surface area contributed by atoms with Gasteiger partial charge in [0.25, 0.3) is 0 Å². The number of benzene rings is 1. The van der Waals surface area contributed by atoms with Crippen molar-refractivity contribution in [3.8, 4) is 0 Å². The molecule has 0 fully saturated rings. The summed E-state index contributed by atoms with van der Waals surface area (Å²) < 4.78 is 17.4. The van der Waals surface area contributed by atoms with Crippen molar-refractivity contribution in [1.82, 2.24) is 4.98 Å². The number of hydrogen-bond acceptors (Lipinski definition) is 5. The van der Waals surface area contributed by atoms with E-state index < -0.39 is 5.97 Å². The Morgan fingerprint density at radius 3 is 2.75 bits per heavy atom. The van der Waals surface area contributed by atoms with Crippen molar-refractivity contribution in [2.75, 3.05) is 18.2 Å². The van der Waals surface area contributed by atoms with E-state index in [1.807, 2.05) is 0 Å². The zero-order chi connectivity index (χ0) is 14.5. The fraction of sp³-hybridized carbons (Fsp3) is 0.143. The van der Waals surface area contributed by atoms with Crippen molar-refractivity contribution in [2.24, 2.45) is 0 Å². The first-order valence-corrected chi connectivity index (χ1v) is 5.92. The number of carbonyl (C=O) groups is 1. The minimum absolute atomic E-state index is 0.254. The van der Waals surface area contributed by atoms with Gasteiger partial charge in [-0.1, -0.05) is 12.1 Å². The first-order valence-electron chi connectivity index (χ1n) is 5.92. The van der Waals surface area contributed by atoms with Gasteiger partial charge < -0.3 is 15.8 Å². The van der Waals surface area contributed by atoms with E-state index in [1.54, 1.807) is 12.1 Å². The number of rotatable bonds is 4. The van der Waals surface area contributed by atoms with E-state index in [-0.39, 0.29) is 17.1 Å². The largest absolute Gasteiger partial charge is 0.465 e. The second-order valence-corrected chi connectivity index (χ2v) is 4.13. The standard InChI is InChI=1S/C14H14FN3O2/c1-20-14(19)11-6-13(18-8-12(11)16)17-7-9-2-4-10(15)5-3-9/h2-6,8H,7,16H2,1H3,(H,17,18). The van der Waals surface area contributed by atoms with Gasteiger partial charge >= 0.3 is 5.97 Å². The maximum atomic E-state index is 12.8. The minimum Gasteiger partial charge on any atom is -0.465 e. The van der Waals surface area contributed by atoms with E-state index in [4.69, 9.17) is 5.73 Å². The van der Waals surface area contributed by atoms with Crippen molar-refractivity contribution in [3.05, 3.63) is 53.5 Å². The molecule has 0 aliphatic heterocycles. The zero-order valence-electron chi connectivity index (χ0n) is 10.9. The molecule has 0 aliphatic rings. The third kappa shape index (κ3) is 3.23. The lowest BCUT2D eigenvalue weighted by Crippen LogP contribution is -2.08. The van der Waals surface area contributed by atoms with Crippen LogP contribution in [0.3, 0.4) is 0 Å². The van der Waals surface area contributed by atoms with E-state index in [2.05, 4.69) is 15.0 Å². The van der Waals surface area contributed by atoms with Crippen LogP contribution in [0.1, 0.15) is 15.9 Å². The lowest BCUT2D eigenvalue weighted by Gasteiger charge is -2.08. The summed E-state index contributed by atoms with van der Waals surface area (Å²) >= 11 is 0. The van der Waals surface area contributed by atoms with Gasteiger partial charge in [-0.2, -0.15) is 0 Å². The van der Waals surface area contributed by atoms with Gasteiger partial charge in [-0.05, 0) is 23.8 Å². The average molecular weight is 275 g/mol. The first-order chi connectivity index (χ1) is 9.60. The molecule has 0 aliphatic carbocycles. The number of halogens is 1.